The van der Waals surface area contributed by atoms with Crippen molar-refractivity contribution in [2.75, 3.05) is 33.4 Å². The summed E-state index contributed by atoms with van der Waals surface area (Å²) in [6, 6.07) is 8.94. The number of fused-ring (bicyclic) bond motifs is 1. The Bertz CT molecular complexity index is 1450. The summed E-state index contributed by atoms with van der Waals surface area (Å²) >= 11 is 0. The highest BCUT2D eigenvalue weighted by molar-refractivity contribution is 8.93. The summed E-state index contributed by atoms with van der Waals surface area (Å²) in [6.45, 7) is 8.99. The van der Waals surface area contributed by atoms with Gasteiger partial charge >= 0.3 is 5.97 Å². The number of ether oxygens (including phenoxy) is 3. The van der Waals surface area contributed by atoms with Gasteiger partial charge < -0.3 is 29.5 Å². The highest BCUT2D eigenvalue weighted by Crippen LogP contribution is 2.41. The Morgan fingerprint density at radius 1 is 1.04 bits per heavy atom. The number of amidine groups is 1. The van der Waals surface area contributed by atoms with Crippen LogP contribution >= 0.6 is 17.0 Å². The molecule has 1 aliphatic heterocycles. The Labute approximate surface area is 275 Å². The molecule has 0 saturated heterocycles. The fraction of sp³-hybridized carbons (Fsp3) is 0.485. The van der Waals surface area contributed by atoms with E-state index in [0.29, 0.717) is 79.4 Å². The molecular weight excluding hydrogens is 644 g/mol. The van der Waals surface area contributed by atoms with Crippen LogP contribution in [0.3, 0.4) is 0 Å². The fourth-order valence-electron chi connectivity index (χ4n) is 4.88. The van der Waals surface area contributed by atoms with Gasteiger partial charge in [0.05, 0.1) is 38.0 Å². The Kier molecular flexibility index (Phi) is 13.9. The Morgan fingerprint density at radius 3 is 2.38 bits per heavy atom. The monoisotopic (exact) mass is 686 g/mol. The molecule has 0 unspecified atom stereocenters. The molecule has 0 aliphatic carbocycles. The first-order valence-electron chi connectivity index (χ1n) is 14.8. The smallest absolute Gasteiger partial charge is 0.303 e. The van der Waals surface area contributed by atoms with E-state index in [2.05, 4.69) is 11.4 Å². The molecule has 2 aromatic rings. The Morgan fingerprint density at radius 2 is 1.76 bits per heavy atom. The van der Waals surface area contributed by atoms with Crippen LogP contribution < -0.4 is 19.5 Å². The molecule has 3 N–H and O–H groups in total. The van der Waals surface area contributed by atoms with E-state index in [1.165, 1.54) is 7.05 Å². The first-order valence-corrected chi connectivity index (χ1v) is 14.8. The van der Waals surface area contributed by atoms with E-state index in [4.69, 9.17) is 30.0 Å². The molecule has 3 rings (SSSR count). The van der Waals surface area contributed by atoms with E-state index < -0.39 is 11.4 Å². The van der Waals surface area contributed by atoms with Crippen molar-refractivity contribution in [3.8, 4) is 23.3 Å². The molecule has 0 spiro atoms. The lowest BCUT2D eigenvalue weighted by molar-refractivity contribution is -0.137. The third-order valence-corrected chi connectivity index (χ3v) is 7.15. The molecule has 2 aromatic carbocycles. The minimum absolute atomic E-state index is 0. The van der Waals surface area contributed by atoms with Crippen molar-refractivity contribution in [1.82, 2.24) is 10.2 Å². The van der Waals surface area contributed by atoms with Crippen molar-refractivity contribution < 1.29 is 33.7 Å². The number of unbranched alkanes of at least 4 members (excludes halogenated alkanes) is 2. The number of nitrogens with zero attached hydrogens (tertiary/aromatic N) is 2. The number of nitriles is 1. The lowest BCUT2D eigenvalue weighted by atomic mass is 9.84. The second-order valence-electron chi connectivity index (χ2n) is 11.6. The van der Waals surface area contributed by atoms with Crippen molar-refractivity contribution >= 4 is 40.5 Å². The molecule has 0 fully saturated rings. The van der Waals surface area contributed by atoms with Gasteiger partial charge in [-0.2, -0.15) is 5.26 Å². The number of hydrogen-bond donors (Lipinski definition) is 3. The predicted octanol–water partition coefficient (Wildman–Crippen LogP) is 5.66. The highest BCUT2D eigenvalue weighted by atomic mass is 79.9. The summed E-state index contributed by atoms with van der Waals surface area (Å²) in [6.07, 6.45) is 1.86. The van der Waals surface area contributed by atoms with E-state index >= 15 is 0 Å². The van der Waals surface area contributed by atoms with E-state index in [-0.39, 0.29) is 54.1 Å². The van der Waals surface area contributed by atoms with E-state index in [0.717, 1.165) is 11.1 Å². The van der Waals surface area contributed by atoms with Gasteiger partial charge in [-0.1, -0.05) is 20.8 Å². The molecule has 0 saturated carbocycles. The van der Waals surface area contributed by atoms with Gasteiger partial charge in [-0.3, -0.25) is 19.8 Å². The lowest BCUT2D eigenvalue weighted by Gasteiger charge is -2.26. The molecule has 1 aliphatic rings. The van der Waals surface area contributed by atoms with E-state index in [9.17, 15) is 14.4 Å². The van der Waals surface area contributed by atoms with Crippen LogP contribution in [0.5, 0.6) is 17.2 Å². The van der Waals surface area contributed by atoms with Gasteiger partial charge in [-0.15, -0.1) is 17.0 Å². The number of halogens is 1. The van der Waals surface area contributed by atoms with Crippen LogP contribution in [0.25, 0.3) is 0 Å². The fourth-order valence-corrected chi connectivity index (χ4v) is 4.88. The van der Waals surface area contributed by atoms with Crippen molar-refractivity contribution in [2.45, 2.75) is 71.8 Å². The number of nitrogens with one attached hydrogen (secondary N) is 2. The molecule has 0 atom stereocenters. The number of amides is 1. The molecule has 1 amide bonds. The van der Waals surface area contributed by atoms with Crippen molar-refractivity contribution in [3.63, 3.8) is 0 Å². The van der Waals surface area contributed by atoms with Crippen molar-refractivity contribution in [3.05, 3.63) is 52.1 Å². The van der Waals surface area contributed by atoms with Crippen molar-refractivity contribution in [1.29, 1.82) is 10.7 Å². The molecule has 1 heterocycles. The summed E-state index contributed by atoms with van der Waals surface area (Å²) in [4.78, 5) is 38.8. The second-order valence-corrected chi connectivity index (χ2v) is 11.6. The van der Waals surface area contributed by atoms with Gasteiger partial charge in [0.15, 0.2) is 17.3 Å². The summed E-state index contributed by atoms with van der Waals surface area (Å²) < 4.78 is 17.9. The van der Waals surface area contributed by atoms with Gasteiger partial charge in [0.1, 0.15) is 11.6 Å². The van der Waals surface area contributed by atoms with Crippen LogP contribution in [-0.4, -0.2) is 66.9 Å². The van der Waals surface area contributed by atoms with Crippen LogP contribution in [0.15, 0.2) is 24.3 Å². The van der Waals surface area contributed by atoms with Gasteiger partial charge in [-0.25, -0.2) is 0 Å². The minimum atomic E-state index is -0.872. The van der Waals surface area contributed by atoms with Gasteiger partial charge in [-0.05, 0) is 61.4 Å². The summed E-state index contributed by atoms with van der Waals surface area (Å²) in [5.41, 5.74) is 2.42. The Hall–Kier alpha value is -4.11. The number of carbonyl (C=O) groups excluding carboxylic acids is 2. The molecule has 0 aromatic heterocycles. The quantitative estimate of drug-likeness (QED) is 0.149. The zero-order chi connectivity index (χ0) is 32.4. The first-order chi connectivity index (χ1) is 20.9. The number of benzene rings is 2. The molecule has 45 heavy (non-hydrogen) atoms. The van der Waals surface area contributed by atoms with Crippen LogP contribution in [0.1, 0.15) is 97.2 Å². The lowest BCUT2D eigenvalue weighted by Crippen LogP contribution is -2.30. The van der Waals surface area contributed by atoms with Crippen molar-refractivity contribution in [2.24, 2.45) is 0 Å². The molecule has 0 radical (unpaired) electrons. The van der Waals surface area contributed by atoms with E-state index in [1.807, 2.05) is 27.7 Å². The molecule has 244 valence electrons. The number of hydrogen-bond acceptors (Lipinski definition) is 8. The topological polar surface area (TPSA) is 162 Å². The average molecular weight is 688 g/mol. The molecule has 12 heteroatoms. The maximum absolute atomic E-state index is 13.8. The minimum Gasteiger partial charge on any atom is -0.493 e. The number of rotatable bonds is 16. The second kappa shape index (κ2) is 16.8. The average Bonchev–Trinajstić information content (AvgIpc) is 3.27. The third-order valence-electron chi connectivity index (χ3n) is 7.15. The predicted molar refractivity (Wildman–Crippen MR) is 175 cm³/mol. The number of aliphatic carboxylic acids is 1. The highest BCUT2D eigenvalue weighted by Gasteiger charge is 2.31. The number of ketones is 1. The summed E-state index contributed by atoms with van der Waals surface area (Å²) in [5, 5.41) is 29.3. The Balaban J connectivity index is 0.00000705. The largest absolute Gasteiger partial charge is 0.493 e. The van der Waals surface area contributed by atoms with Gasteiger partial charge in [0, 0.05) is 43.1 Å². The maximum Gasteiger partial charge on any atom is 0.303 e. The van der Waals surface area contributed by atoms with Gasteiger partial charge in [0.25, 0.3) is 5.91 Å². The number of carboxylic acid groups (broad SMARTS) is 1. The van der Waals surface area contributed by atoms with Crippen LogP contribution in [0, 0.1) is 16.7 Å². The van der Waals surface area contributed by atoms with Gasteiger partial charge in [0.2, 0.25) is 0 Å². The normalized spacial score (nSPS) is 12.1. The van der Waals surface area contributed by atoms with E-state index in [1.54, 1.807) is 29.2 Å². The zero-order valence-corrected chi connectivity index (χ0v) is 28.3. The summed E-state index contributed by atoms with van der Waals surface area (Å²) in [7, 11) is 1.53. The number of Topliss-reactive ketones (excluding diaryl/α,β-unsaturated/α-hetero) is 1. The SMILES string of the molecule is Br.CCOc1cc2c(cc1C(=O)NC)C(=N)N(CC(=O)c1cc(OCCCCC(=O)O)c(OCCCC#N)c(C(C)(C)C)c1)C2. The van der Waals surface area contributed by atoms with Crippen LogP contribution in [-0.2, 0) is 16.8 Å². The van der Waals surface area contributed by atoms with Crippen LogP contribution in [0.4, 0.5) is 0 Å². The maximum atomic E-state index is 13.8. The third kappa shape index (κ3) is 9.69. The molecular formula is C33H43BrN4O7. The molecule has 11 nitrogen and oxygen atoms in total. The molecule has 0 bridgehead atoms. The summed E-state index contributed by atoms with van der Waals surface area (Å²) in [5.74, 6) is 0.0285. The van der Waals surface area contributed by atoms with Crippen LogP contribution in [0.2, 0.25) is 0 Å². The standard InChI is InChI=1S/C33H42N4O7.BrH/c1-6-42-27-17-22-19-37(31(35)23(22)18-24(27)32(41)36-5)20-26(38)21-15-25(33(2,3)4)30(44-14-10-8-12-34)28(16-21)43-13-9-7-11-29(39)40;/h15-18,35H,6-11,13-14,19-20H2,1-5H3,(H,36,41)(H,39,40);1H. The number of carboxylic acids is 1. The number of carbonyl (C=O) groups is 3. The first kappa shape index (κ1) is 37.1. The zero-order valence-electron chi connectivity index (χ0n) is 26.6.